The minimum absolute atomic E-state index is 0.185. The molecule has 2 aromatic rings. The molecule has 0 heterocycles. The normalized spacial score (nSPS) is 21.0. The number of rotatable bonds is 5. The van der Waals surface area contributed by atoms with E-state index >= 15 is 0 Å². The van der Waals surface area contributed by atoms with Crippen LogP contribution in [0.2, 0.25) is 13.1 Å². The fourth-order valence-corrected chi connectivity index (χ4v) is 38.3. The summed E-state index contributed by atoms with van der Waals surface area (Å²) >= 11 is -4.64. The molecule has 2 aromatic carbocycles. The van der Waals surface area contributed by atoms with Crippen LogP contribution in [0.1, 0.15) is 79.5 Å². The standard InChI is InChI=1S/2C14H17.C2H7Si.2ClH.Zr/c2*1-9(2)12-7-13-10(3)5-6-11(4)14(13)8-12;1-3-2;;;/h2*5-9H,1-4H3;3H,1-2H3;2*1H;/q;;;;;+2/p-2. The van der Waals surface area contributed by atoms with E-state index in [0.717, 1.165) is 0 Å². The minimum atomic E-state index is -4.64. The predicted octanol–water partition coefficient (Wildman–Crippen LogP) is 9.79. The van der Waals surface area contributed by atoms with Crippen molar-refractivity contribution in [1.82, 2.24) is 0 Å². The predicted molar refractivity (Wildman–Crippen MR) is 154 cm³/mol. The zero-order valence-electron chi connectivity index (χ0n) is 22.6. The molecule has 0 saturated carbocycles. The zero-order chi connectivity index (χ0) is 25.4. The molecule has 2 aliphatic rings. The summed E-state index contributed by atoms with van der Waals surface area (Å²) in [5.74, 6) is -0.679. The first kappa shape index (κ1) is 26.7. The van der Waals surface area contributed by atoms with Crippen LogP contribution in [0, 0.1) is 39.5 Å². The molecular weight excluding hydrogens is 551 g/mol. The van der Waals surface area contributed by atoms with Gasteiger partial charge in [-0.25, -0.2) is 0 Å². The number of benzene rings is 2. The second-order valence-electron chi connectivity index (χ2n) is 11.9. The third kappa shape index (κ3) is 3.69. The Hall–Kier alpha value is -0.400. The molecule has 34 heavy (non-hydrogen) atoms. The Morgan fingerprint density at radius 2 is 0.971 bits per heavy atom. The number of allylic oxidation sites excluding steroid dienone is 2. The van der Waals surface area contributed by atoms with Crippen LogP contribution >= 0.6 is 17.0 Å². The summed E-state index contributed by atoms with van der Waals surface area (Å²) in [6.45, 7) is 23.2. The second kappa shape index (κ2) is 8.86. The molecule has 0 amide bonds. The van der Waals surface area contributed by atoms with E-state index in [-0.39, 0.29) is 7.25 Å². The molecule has 0 bridgehead atoms. The van der Waals surface area contributed by atoms with Crippen molar-refractivity contribution in [3.8, 4) is 0 Å². The summed E-state index contributed by atoms with van der Waals surface area (Å²) in [6, 6.07) is 9.12. The summed E-state index contributed by atoms with van der Waals surface area (Å²) in [6.07, 6.45) is 4.94. The fraction of sp³-hybridized carbons (Fsp3) is 0.467. The maximum absolute atomic E-state index is 8.48. The molecule has 2 unspecified atom stereocenters. The van der Waals surface area contributed by atoms with Gasteiger partial charge in [-0.15, -0.1) is 0 Å². The van der Waals surface area contributed by atoms with E-state index < -0.39 is 21.5 Å². The molecule has 0 fully saturated rings. The summed E-state index contributed by atoms with van der Waals surface area (Å²) in [5, 5.41) is 0. The van der Waals surface area contributed by atoms with E-state index in [1.165, 1.54) is 55.7 Å². The molecule has 4 heteroatoms. The van der Waals surface area contributed by atoms with Crippen LogP contribution in [-0.4, -0.2) is 5.92 Å². The Morgan fingerprint density at radius 1 is 0.647 bits per heavy atom. The van der Waals surface area contributed by atoms with Crippen LogP contribution in [0.5, 0.6) is 0 Å². The average molecular weight is 592 g/mol. The summed E-state index contributed by atoms with van der Waals surface area (Å²) < 4.78 is 0.369. The van der Waals surface area contributed by atoms with E-state index in [2.05, 4.69) is 105 Å². The monoisotopic (exact) mass is 589 g/mol. The van der Waals surface area contributed by atoms with Gasteiger partial charge in [-0.1, -0.05) is 0 Å². The first-order valence-corrected chi connectivity index (χ1v) is 29.2. The number of halogens is 2. The molecule has 0 spiro atoms. The van der Waals surface area contributed by atoms with Crippen molar-refractivity contribution < 1.29 is 15.6 Å². The Morgan fingerprint density at radius 3 is 1.26 bits per heavy atom. The van der Waals surface area contributed by atoms with Crippen molar-refractivity contribution >= 4 is 35.1 Å². The Bertz CT molecular complexity index is 1140. The van der Waals surface area contributed by atoms with Crippen LogP contribution in [0.3, 0.4) is 0 Å². The summed E-state index contributed by atoms with van der Waals surface area (Å²) in [7, 11) is 17.0. The molecule has 4 rings (SSSR count). The summed E-state index contributed by atoms with van der Waals surface area (Å²) in [4.78, 5) is 0. The van der Waals surface area contributed by atoms with Crippen LogP contribution in [0.15, 0.2) is 35.4 Å². The molecular formula is C30H41Cl2SiZr. The Labute approximate surface area is 216 Å². The Balaban J connectivity index is 2.13. The molecule has 0 aromatic heterocycles. The Kier molecular flexibility index (Phi) is 6.95. The van der Waals surface area contributed by atoms with Gasteiger partial charge in [-0.3, -0.25) is 0 Å². The van der Waals surface area contributed by atoms with Gasteiger partial charge in [0.15, 0.2) is 0 Å². The van der Waals surface area contributed by atoms with E-state index in [4.69, 9.17) is 17.0 Å². The van der Waals surface area contributed by atoms with Crippen molar-refractivity contribution in [2.45, 2.75) is 75.7 Å². The molecule has 2 atom stereocenters. The van der Waals surface area contributed by atoms with Crippen LogP contribution in [-0.2, 0) is 15.6 Å². The molecule has 0 saturated heterocycles. The maximum atomic E-state index is 8.48. The van der Waals surface area contributed by atoms with Gasteiger partial charge in [0, 0.05) is 0 Å². The first-order chi connectivity index (χ1) is 15.7. The third-order valence-electron chi connectivity index (χ3n) is 8.85. The third-order valence-corrected chi connectivity index (χ3v) is 60.4. The molecule has 183 valence electrons. The number of fused-ring (bicyclic) bond motifs is 2. The quantitative estimate of drug-likeness (QED) is 0.304. The van der Waals surface area contributed by atoms with Gasteiger partial charge in [-0.2, -0.15) is 0 Å². The fourth-order valence-electron chi connectivity index (χ4n) is 6.71. The summed E-state index contributed by atoms with van der Waals surface area (Å²) in [5.41, 5.74) is 14.0. The van der Waals surface area contributed by atoms with Crippen LogP contribution in [0.4, 0.5) is 0 Å². The number of hydrogen-bond acceptors (Lipinski definition) is 0. The van der Waals surface area contributed by atoms with E-state index in [9.17, 15) is 0 Å². The van der Waals surface area contributed by atoms with Gasteiger partial charge in [0.2, 0.25) is 0 Å². The number of hydrogen-bond donors (Lipinski definition) is 0. The molecule has 0 radical (unpaired) electrons. The van der Waals surface area contributed by atoms with Gasteiger partial charge in [0.25, 0.3) is 0 Å². The van der Waals surface area contributed by atoms with Gasteiger partial charge >= 0.3 is 218 Å². The van der Waals surface area contributed by atoms with Crippen LogP contribution in [0.25, 0.3) is 12.2 Å². The molecule has 0 aliphatic heterocycles. The van der Waals surface area contributed by atoms with Gasteiger partial charge in [-0.05, 0) is 0 Å². The average Bonchev–Trinajstić information content (AvgIpc) is 3.36. The van der Waals surface area contributed by atoms with E-state index in [1.807, 2.05) is 0 Å². The van der Waals surface area contributed by atoms with Crippen molar-refractivity contribution in [3.05, 3.63) is 79.9 Å². The van der Waals surface area contributed by atoms with E-state index in [0.29, 0.717) is 11.8 Å². The molecule has 0 N–H and O–H groups in total. The van der Waals surface area contributed by atoms with Gasteiger partial charge in [0.05, 0.1) is 0 Å². The van der Waals surface area contributed by atoms with Crippen molar-refractivity contribution in [1.29, 1.82) is 0 Å². The van der Waals surface area contributed by atoms with Crippen molar-refractivity contribution in [2.24, 2.45) is 11.8 Å². The zero-order valence-corrected chi connectivity index (χ0v) is 27.7. The molecule has 2 aliphatic carbocycles. The first-order valence-electron chi connectivity index (χ1n) is 12.9. The topological polar surface area (TPSA) is 0 Å². The van der Waals surface area contributed by atoms with Gasteiger partial charge < -0.3 is 0 Å². The SMILES string of the molecule is Cc1ccc(C)c2c1C=C(C(C)C)[CH]2[Zr]([Cl])([Cl])([CH]1C(C(C)C)=Cc2c(C)ccc(C)c21)[SiH](C)C. The van der Waals surface area contributed by atoms with Crippen LogP contribution < -0.4 is 0 Å². The van der Waals surface area contributed by atoms with Crippen molar-refractivity contribution in [2.75, 3.05) is 0 Å². The number of aryl methyl sites for hydroxylation is 4. The van der Waals surface area contributed by atoms with E-state index in [1.54, 1.807) is 0 Å². The molecule has 0 nitrogen and oxygen atoms in total. The second-order valence-corrected chi connectivity index (χ2v) is 54.4. The van der Waals surface area contributed by atoms with Crippen molar-refractivity contribution in [3.63, 3.8) is 0 Å². The van der Waals surface area contributed by atoms with Gasteiger partial charge in [0.1, 0.15) is 0 Å².